The predicted molar refractivity (Wildman–Crippen MR) is 112 cm³/mol. The highest BCUT2D eigenvalue weighted by Gasteiger charge is 2.36. The second-order valence-corrected chi connectivity index (χ2v) is 9.37. The lowest BCUT2D eigenvalue weighted by Crippen LogP contribution is -2.19. The van der Waals surface area contributed by atoms with E-state index in [0.29, 0.717) is 35.1 Å². The van der Waals surface area contributed by atoms with Crippen LogP contribution in [0, 0.1) is 11.6 Å². The molecular weight excluding hydrogens is 440 g/mol. The summed E-state index contributed by atoms with van der Waals surface area (Å²) in [5, 5.41) is 5.92. The average Bonchev–Trinajstić information content (AvgIpc) is 3.51. The zero-order valence-corrected chi connectivity index (χ0v) is 17.2. The van der Waals surface area contributed by atoms with Crippen molar-refractivity contribution in [1.82, 2.24) is 20.2 Å². The second kappa shape index (κ2) is 7.45. The fourth-order valence-corrected chi connectivity index (χ4v) is 4.67. The van der Waals surface area contributed by atoms with Gasteiger partial charge in [-0.1, -0.05) is 0 Å². The zero-order chi connectivity index (χ0) is 22.5. The molecule has 1 aliphatic carbocycles. The maximum Gasteiger partial charge on any atom is 0.235 e. The van der Waals surface area contributed by atoms with E-state index in [-0.39, 0.29) is 5.56 Å². The highest BCUT2D eigenvalue weighted by atomic mass is 32.2. The summed E-state index contributed by atoms with van der Waals surface area (Å²) >= 11 is 0. The maximum absolute atomic E-state index is 15.0. The number of aromatic nitrogens is 4. The molecule has 8 nitrogen and oxygen atoms in total. The number of nitrogens with zero attached hydrogens (tertiary/aromatic N) is 3. The Morgan fingerprint density at radius 3 is 2.62 bits per heavy atom. The van der Waals surface area contributed by atoms with E-state index in [1.165, 1.54) is 18.2 Å². The number of halogens is 2. The van der Waals surface area contributed by atoms with E-state index in [9.17, 15) is 17.6 Å². The van der Waals surface area contributed by atoms with Gasteiger partial charge in [-0.3, -0.25) is 19.6 Å². The molecule has 2 aromatic carbocycles. The molecule has 11 heteroatoms. The number of fused-ring (bicyclic) bond motifs is 1. The molecular formula is C21H15F2N5O3S. The number of hydrogen-bond acceptors (Lipinski definition) is 6. The highest BCUT2D eigenvalue weighted by Crippen LogP contribution is 2.32. The third kappa shape index (κ3) is 3.60. The van der Waals surface area contributed by atoms with Gasteiger partial charge >= 0.3 is 0 Å². The smallest absolute Gasteiger partial charge is 0.235 e. The summed E-state index contributed by atoms with van der Waals surface area (Å²) in [5.74, 6) is -3.30. The number of aromatic amines is 1. The molecule has 162 valence electrons. The van der Waals surface area contributed by atoms with Gasteiger partial charge < -0.3 is 0 Å². The minimum absolute atomic E-state index is 0.0175. The van der Waals surface area contributed by atoms with Crippen LogP contribution in [0.15, 0.2) is 48.9 Å². The van der Waals surface area contributed by atoms with Gasteiger partial charge in [0.2, 0.25) is 10.0 Å². The van der Waals surface area contributed by atoms with Crippen LogP contribution in [0.5, 0.6) is 0 Å². The Morgan fingerprint density at radius 1 is 1.09 bits per heavy atom. The van der Waals surface area contributed by atoms with Crippen LogP contribution in [0.25, 0.3) is 22.3 Å². The Morgan fingerprint density at radius 2 is 1.91 bits per heavy atom. The third-order valence-electron chi connectivity index (χ3n) is 5.13. The fourth-order valence-electron chi connectivity index (χ4n) is 3.28. The Labute approximate surface area is 180 Å². The Hall–Kier alpha value is -3.73. The van der Waals surface area contributed by atoms with E-state index in [0.717, 1.165) is 12.1 Å². The molecule has 32 heavy (non-hydrogen) atoms. The first-order chi connectivity index (χ1) is 15.3. The average molecular weight is 455 g/mol. The van der Waals surface area contributed by atoms with Crippen molar-refractivity contribution in [3.63, 3.8) is 0 Å². The van der Waals surface area contributed by atoms with E-state index in [4.69, 9.17) is 0 Å². The number of ketones is 1. The third-order valence-corrected chi connectivity index (χ3v) is 6.99. The Bertz CT molecular complexity index is 1470. The number of anilines is 1. The standard InChI is InChI=1S/C21H15F2N5O3S/c22-14-4-6-16(28-32(30,31)13-2-3-13)20(23)19(14)21(29)11-1-5-15-17(7-11)27-18(10-24-15)12-8-25-26-9-12/h1,4-10,13,28H,2-3H2,(H,25,26). The van der Waals surface area contributed by atoms with E-state index in [2.05, 4.69) is 24.9 Å². The van der Waals surface area contributed by atoms with E-state index in [1.807, 2.05) is 0 Å². The van der Waals surface area contributed by atoms with Crippen LogP contribution in [0.1, 0.15) is 28.8 Å². The maximum atomic E-state index is 15.0. The lowest BCUT2D eigenvalue weighted by molar-refractivity contribution is 0.103. The van der Waals surface area contributed by atoms with Crippen molar-refractivity contribution in [3.8, 4) is 11.3 Å². The van der Waals surface area contributed by atoms with Crippen LogP contribution in [0.3, 0.4) is 0 Å². The van der Waals surface area contributed by atoms with E-state index in [1.54, 1.807) is 18.6 Å². The molecule has 0 amide bonds. The van der Waals surface area contributed by atoms with Crippen molar-refractivity contribution in [2.24, 2.45) is 0 Å². The zero-order valence-electron chi connectivity index (χ0n) is 16.3. The molecule has 1 saturated carbocycles. The molecule has 0 bridgehead atoms. The van der Waals surface area contributed by atoms with Gasteiger partial charge in [-0.05, 0) is 43.2 Å². The summed E-state index contributed by atoms with van der Waals surface area (Å²) < 4.78 is 55.9. The number of rotatable bonds is 6. The number of hydrogen-bond donors (Lipinski definition) is 2. The first-order valence-electron chi connectivity index (χ1n) is 9.64. The molecule has 5 rings (SSSR count). The summed E-state index contributed by atoms with van der Waals surface area (Å²) in [5.41, 5.74) is 0.690. The van der Waals surface area contributed by atoms with Crippen LogP contribution in [-0.4, -0.2) is 39.6 Å². The van der Waals surface area contributed by atoms with Gasteiger partial charge in [-0.2, -0.15) is 5.10 Å². The van der Waals surface area contributed by atoms with Gasteiger partial charge in [0.15, 0.2) is 11.6 Å². The van der Waals surface area contributed by atoms with Crippen molar-refractivity contribution >= 4 is 32.5 Å². The van der Waals surface area contributed by atoms with Crippen molar-refractivity contribution in [1.29, 1.82) is 0 Å². The molecule has 2 aromatic heterocycles. The molecule has 2 N–H and O–H groups in total. The first-order valence-corrected chi connectivity index (χ1v) is 11.2. The topological polar surface area (TPSA) is 118 Å². The van der Waals surface area contributed by atoms with Gasteiger partial charge in [0.05, 0.1) is 45.6 Å². The number of benzene rings is 2. The van der Waals surface area contributed by atoms with Crippen LogP contribution < -0.4 is 4.72 Å². The Balaban J connectivity index is 1.54. The highest BCUT2D eigenvalue weighted by molar-refractivity contribution is 7.93. The number of nitrogens with one attached hydrogen (secondary N) is 2. The number of carbonyl (C=O) groups excluding carboxylic acids is 1. The molecule has 2 heterocycles. The molecule has 0 unspecified atom stereocenters. The first kappa shape index (κ1) is 20.2. The number of H-pyrrole nitrogens is 1. The summed E-state index contributed by atoms with van der Waals surface area (Å²) in [6.07, 6.45) is 5.68. The summed E-state index contributed by atoms with van der Waals surface area (Å²) in [4.78, 5) is 21.7. The van der Waals surface area contributed by atoms with Crippen molar-refractivity contribution in [3.05, 3.63) is 71.7 Å². The molecule has 0 radical (unpaired) electrons. The monoisotopic (exact) mass is 455 g/mol. The van der Waals surface area contributed by atoms with Crippen molar-refractivity contribution in [2.75, 3.05) is 4.72 Å². The molecule has 0 saturated heterocycles. The minimum Gasteiger partial charge on any atom is -0.288 e. The van der Waals surface area contributed by atoms with Gasteiger partial charge in [0, 0.05) is 17.3 Å². The molecule has 0 atom stereocenters. The van der Waals surface area contributed by atoms with Gasteiger partial charge in [-0.15, -0.1) is 0 Å². The summed E-state index contributed by atoms with van der Waals surface area (Å²) in [6, 6.07) is 6.11. The second-order valence-electron chi connectivity index (χ2n) is 7.41. The predicted octanol–water partition coefficient (Wildman–Crippen LogP) is 3.43. The lowest BCUT2D eigenvalue weighted by atomic mass is 10.0. The minimum atomic E-state index is -3.79. The largest absolute Gasteiger partial charge is 0.288 e. The quantitative estimate of drug-likeness (QED) is 0.430. The number of sulfonamides is 1. The SMILES string of the molecule is O=C(c1ccc2ncc(-c3cn[nH]c3)nc2c1)c1c(F)ccc(NS(=O)(=O)C2CC2)c1F. The van der Waals surface area contributed by atoms with E-state index < -0.39 is 43.9 Å². The normalized spacial score (nSPS) is 13.9. The van der Waals surface area contributed by atoms with Crippen LogP contribution in [0.2, 0.25) is 0 Å². The van der Waals surface area contributed by atoms with Crippen LogP contribution in [0.4, 0.5) is 14.5 Å². The van der Waals surface area contributed by atoms with Crippen molar-refractivity contribution in [2.45, 2.75) is 18.1 Å². The molecule has 1 aliphatic rings. The molecule has 0 aliphatic heterocycles. The van der Waals surface area contributed by atoms with Crippen molar-refractivity contribution < 1.29 is 22.0 Å². The lowest BCUT2D eigenvalue weighted by Gasteiger charge is -2.12. The van der Waals surface area contributed by atoms with Gasteiger partial charge in [-0.25, -0.2) is 22.2 Å². The van der Waals surface area contributed by atoms with E-state index >= 15 is 4.39 Å². The summed E-state index contributed by atoms with van der Waals surface area (Å²) in [7, 11) is -3.79. The van der Waals surface area contributed by atoms with Gasteiger partial charge in [0.1, 0.15) is 5.82 Å². The van der Waals surface area contributed by atoms with Crippen LogP contribution in [-0.2, 0) is 10.0 Å². The molecule has 0 spiro atoms. The fraction of sp³-hybridized carbons (Fsp3) is 0.143. The molecule has 1 fully saturated rings. The molecule has 4 aromatic rings. The van der Waals surface area contributed by atoms with Crippen LogP contribution >= 0.6 is 0 Å². The van der Waals surface area contributed by atoms with Gasteiger partial charge in [0.25, 0.3) is 0 Å². The Kier molecular flexibility index (Phi) is 4.70. The summed E-state index contributed by atoms with van der Waals surface area (Å²) in [6.45, 7) is 0. The number of carbonyl (C=O) groups is 1.